The third kappa shape index (κ3) is 3.00. The SMILES string of the molecule is Cc1csc(SCC(=O)N2CCn3c(C(N)=O)cnc3C2)n1. The molecule has 22 heavy (non-hydrogen) atoms. The molecule has 7 nitrogen and oxygen atoms in total. The highest BCUT2D eigenvalue weighted by Crippen LogP contribution is 2.23. The summed E-state index contributed by atoms with van der Waals surface area (Å²) in [6, 6.07) is 0. The van der Waals surface area contributed by atoms with Crippen LogP contribution in [0.25, 0.3) is 0 Å². The van der Waals surface area contributed by atoms with Gasteiger partial charge in [-0.3, -0.25) is 9.59 Å². The van der Waals surface area contributed by atoms with Gasteiger partial charge in [0.2, 0.25) is 5.91 Å². The standard InChI is InChI=1S/C13H15N5O2S2/c1-8-6-21-13(16-8)22-7-11(19)17-2-3-18-9(12(14)20)4-15-10(18)5-17/h4,6H,2-3,5,7H2,1H3,(H2,14,20). The molecule has 0 unspecified atom stereocenters. The fraction of sp³-hybridized carbons (Fsp3) is 0.385. The number of thioether (sulfide) groups is 1. The fourth-order valence-corrected chi connectivity index (χ4v) is 4.04. The number of amides is 2. The van der Waals surface area contributed by atoms with E-state index in [0.717, 1.165) is 10.0 Å². The number of primary amides is 1. The van der Waals surface area contributed by atoms with E-state index in [1.54, 1.807) is 20.8 Å². The van der Waals surface area contributed by atoms with Gasteiger partial charge in [-0.25, -0.2) is 9.97 Å². The van der Waals surface area contributed by atoms with Crippen LogP contribution in [0.2, 0.25) is 0 Å². The number of aryl methyl sites for hydroxylation is 1. The summed E-state index contributed by atoms with van der Waals surface area (Å²) in [4.78, 5) is 33.8. The van der Waals surface area contributed by atoms with E-state index >= 15 is 0 Å². The molecule has 0 bridgehead atoms. The van der Waals surface area contributed by atoms with Crippen molar-refractivity contribution >= 4 is 34.9 Å². The van der Waals surface area contributed by atoms with Gasteiger partial charge in [0.05, 0.1) is 18.5 Å². The summed E-state index contributed by atoms with van der Waals surface area (Å²) in [7, 11) is 0. The molecule has 0 atom stereocenters. The minimum Gasteiger partial charge on any atom is -0.364 e. The highest BCUT2D eigenvalue weighted by Gasteiger charge is 2.24. The summed E-state index contributed by atoms with van der Waals surface area (Å²) < 4.78 is 2.68. The second-order valence-corrected chi connectivity index (χ2v) is 7.01. The fourth-order valence-electron chi connectivity index (χ4n) is 2.28. The second kappa shape index (κ2) is 6.09. The highest BCUT2D eigenvalue weighted by molar-refractivity contribution is 8.01. The lowest BCUT2D eigenvalue weighted by Gasteiger charge is -2.28. The van der Waals surface area contributed by atoms with Crippen molar-refractivity contribution in [3.05, 3.63) is 28.8 Å². The molecule has 0 aromatic carbocycles. The van der Waals surface area contributed by atoms with Crippen LogP contribution in [0.5, 0.6) is 0 Å². The monoisotopic (exact) mass is 337 g/mol. The van der Waals surface area contributed by atoms with E-state index in [0.29, 0.717) is 36.9 Å². The van der Waals surface area contributed by atoms with Crippen LogP contribution < -0.4 is 5.73 Å². The number of rotatable bonds is 4. The van der Waals surface area contributed by atoms with E-state index < -0.39 is 5.91 Å². The van der Waals surface area contributed by atoms with Gasteiger partial charge in [0.1, 0.15) is 11.5 Å². The number of nitrogens with two attached hydrogens (primary N) is 1. The lowest BCUT2D eigenvalue weighted by atomic mass is 10.3. The minimum atomic E-state index is -0.492. The van der Waals surface area contributed by atoms with Crippen LogP contribution >= 0.6 is 23.1 Å². The first-order valence-electron chi connectivity index (χ1n) is 6.71. The van der Waals surface area contributed by atoms with E-state index in [2.05, 4.69) is 9.97 Å². The van der Waals surface area contributed by atoms with Gasteiger partial charge in [0, 0.05) is 24.2 Å². The maximum atomic E-state index is 12.3. The Morgan fingerprint density at radius 3 is 2.95 bits per heavy atom. The molecule has 1 aliphatic rings. The van der Waals surface area contributed by atoms with E-state index in [9.17, 15) is 9.59 Å². The van der Waals surface area contributed by atoms with Gasteiger partial charge in [-0.05, 0) is 6.92 Å². The van der Waals surface area contributed by atoms with Crippen LogP contribution in [-0.2, 0) is 17.9 Å². The quantitative estimate of drug-likeness (QED) is 0.836. The molecular weight excluding hydrogens is 322 g/mol. The number of carbonyl (C=O) groups is 2. The zero-order chi connectivity index (χ0) is 15.7. The Labute approximate surface area is 135 Å². The molecule has 0 saturated heterocycles. The number of nitrogens with zero attached hydrogens (tertiary/aromatic N) is 4. The van der Waals surface area contributed by atoms with Crippen molar-refractivity contribution in [2.75, 3.05) is 12.3 Å². The van der Waals surface area contributed by atoms with Crippen LogP contribution in [0.15, 0.2) is 15.9 Å². The van der Waals surface area contributed by atoms with Gasteiger partial charge in [0.25, 0.3) is 5.91 Å². The number of hydrogen-bond acceptors (Lipinski definition) is 6. The topological polar surface area (TPSA) is 94.1 Å². The van der Waals surface area contributed by atoms with Crippen LogP contribution in [0.1, 0.15) is 22.0 Å². The molecule has 0 radical (unpaired) electrons. The van der Waals surface area contributed by atoms with Crippen LogP contribution in [-0.4, -0.2) is 43.5 Å². The molecule has 116 valence electrons. The van der Waals surface area contributed by atoms with Crippen molar-refractivity contribution in [3.63, 3.8) is 0 Å². The van der Waals surface area contributed by atoms with Crippen LogP contribution in [0.3, 0.4) is 0 Å². The van der Waals surface area contributed by atoms with Gasteiger partial charge < -0.3 is 15.2 Å². The van der Waals surface area contributed by atoms with E-state index in [1.807, 2.05) is 12.3 Å². The maximum absolute atomic E-state index is 12.3. The van der Waals surface area contributed by atoms with Gasteiger partial charge in [0.15, 0.2) is 4.34 Å². The van der Waals surface area contributed by atoms with E-state index in [1.165, 1.54) is 18.0 Å². The second-order valence-electron chi connectivity index (χ2n) is 4.93. The lowest BCUT2D eigenvalue weighted by Crippen LogP contribution is -2.40. The van der Waals surface area contributed by atoms with Crippen LogP contribution in [0.4, 0.5) is 0 Å². The molecule has 0 aliphatic carbocycles. The molecule has 2 aromatic rings. The van der Waals surface area contributed by atoms with Crippen molar-refractivity contribution in [1.82, 2.24) is 19.4 Å². The average molecular weight is 337 g/mol. The number of carbonyl (C=O) groups excluding carboxylic acids is 2. The molecular formula is C13H15N5O2S2. The number of hydrogen-bond donors (Lipinski definition) is 1. The summed E-state index contributed by atoms with van der Waals surface area (Å²) >= 11 is 3.00. The first-order valence-corrected chi connectivity index (χ1v) is 8.58. The molecule has 2 aromatic heterocycles. The molecule has 1 aliphatic heterocycles. The average Bonchev–Trinajstić information content (AvgIpc) is 3.09. The predicted molar refractivity (Wildman–Crippen MR) is 83.7 cm³/mol. The Morgan fingerprint density at radius 1 is 1.45 bits per heavy atom. The Hall–Kier alpha value is -1.87. The number of aromatic nitrogens is 3. The highest BCUT2D eigenvalue weighted by atomic mass is 32.2. The Bertz CT molecular complexity index is 724. The summed E-state index contributed by atoms with van der Waals surface area (Å²) in [6.07, 6.45) is 1.47. The number of fused-ring (bicyclic) bond motifs is 1. The summed E-state index contributed by atoms with van der Waals surface area (Å²) in [5.41, 5.74) is 6.67. The zero-order valence-corrected chi connectivity index (χ0v) is 13.6. The Morgan fingerprint density at radius 2 is 2.27 bits per heavy atom. The van der Waals surface area contributed by atoms with Crippen molar-refractivity contribution in [3.8, 4) is 0 Å². The predicted octanol–water partition coefficient (Wildman–Crippen LogP) is 0.881. The Kier molecular flexibility index (Phi) is 4.16. The number of imidazole rings is 1. The van der Waals surface area contributed by atoms with Gasteiger partial charge in [-0.2, -0.15) is 0 Å². The number of thiazole rings is 1. The minimum absolute atomic E-state index is 0.0488. The first-order chi connectivity index (χ1) is 10.5. The summed E-state index contributed by atoms with van der Waals surface area (Å²) in [6.45, 7) is 3.44. The van der Waals surface area contributed by atoms with E-state index in [-0.39, 0.29) is 5.91 Å². The van der Waals surface area contributed by atoms with Crippen molar-refractivity contribution < 1.29 is 9.59 Å². The van der Waals surface area contributed by atoms with Crippen LogP contribution in [0, 0.1) is 6.92 Å². The Balaban J connectivity index is 1.61. The zero-order valence-electron chi connectivity index (χ0n) is 12.0. The first kappa shape index (κ1) is 15.0. The molecule has 9 heteroatoms. The van der Waals surface area contributed by atoms with Crippen molar-refractivity contribution in [2.24, 2.45) is 5.73 Å². The molecule has 2 amide bonds. The van der Waals surface area contributed by atoms with Gasteiger partial charge >= 0.3 is 0 Å². The third-order valence-corrected chi connectivity index (χ3v) is 5.51. The van der Waals surface area contributed by atoms with Gasteiger partial charge in [-0.15, -0.1) is 11.3 Å². The third-order valence-electron chi connectivity index (χ3n) is 3.39. The molecule has 0 spiro atoms. The molecule has 0 fully saturated rings. The maximum Gasteiger partial charge on any atom is 0.266 e. The molecule has 3 heterocycles. The van der Waals surface area contributed by atoms with Crippen molar-refractivity contribution in [1.29, 1.82) is 0 Å². The van der Waals surface area contributed by atoms with Crippen molar-refractivity contribution in [2.45, 2.75) is 24.4 Å². The van der Waals surface area contributed by atoms with Gasteiger partial charge in [-0.1, -0.05) is 11.8 Å². The normalized spacial score (nSPS) is 14.0. The summed E-state index contributed by atoms with van der Waals surface area (Å²) in [5.74, 6) is 0.612. The molecule has 3 rings (SSSR count). The summed E-state index contributed by atoms with van der Waals surface area (Å²) in [5, 5.41) is 1.97. The molecule has 0 saturated carbocycles. The lowest BCUT2D eigenvalue weighted by molar-refractivity contribution is -0.129. The smallest absolute Gasteiger partial charge is 0.266 e. The largest absolute Gasteiger partial charge is 0.364 e. The molecule has 2 N–H and O–H groups in total. The van der Waals surface area contributed by atoms with E-state index in [4.69, 9.17) is 5.73 Å².